The molecule has 0 saturated heterocycles. The van der Waals surface area contributed by atoms with Gasteiger partial charge in [0.1, 0.15) is 11.3 Å². The van der Waals surface area contributed by atoms with Gasteiger partial charge >= 0.3 is 5.63 Å². The molecule has 4 rings (SSSR count). The van der Waals surface area contributed by atoms with Crippen LogP contribution in [0.15, 0.2) is 45.6 Å². The Bertz CT molecular complexity index is 1160. The molecule has 162 valence electrons. The van der Waals surface area contributed by atoms with Gasteiger partial charge in [0.2, 0.25) is 0 Å². The first-order valence-electron chi connectivity index (χ1n) is 11.0. The predicted molar refractivity (Wildman–Crippen MR) is 123 cm³/mol. The highest BCUT2D eigenvalue weighted by Gasteiger charge is 2.20. The lowest BCUT2D eigenvalue weighted by Gasteiger charge is -2.20. The molecule has 1 N–H and O–H groups in total. The van der Waals surface area contributed by atoms with E-state index in [9.17, 15) is 9.59 Å². The summed E-state index contributed by atoms with van der Waals surface area (Å²) in [6, 6.07) is 11.6. The zero-order chi connectivity index (χ0) is 22.1. The summed E-state index contributed by atoms with van der Waals surface area (Å²) in [5, 5.41) is 4.01. The van der Waals surface area contributed by atoms with Gasteiger partial charge in [0.25, 0.3) is 5.91 Å². The van der Waals surface area contributed by atoms with E-state index >= 15 is 0 Å². The number of hydrogen-bond donors (Lipinski definition) is 1. The molecule has 1 amide bonds. The van der Waals surface area contributed by atoms with Crippen LogP contribution in [0.1, 0.15) is 68.2 Å². The minimum Gasteiger partial charge on any atom is -0.484 e. The van der Waals surface area contributed by atoms with Gasteiger partial charge in [-0.25, -0.2) is 4.79 Å². The van der Waals surface area contributed by atoms with Gasteiger partial charge in [-0.15, -0.1) is 0 Å². The third-order valence-corrected chi connectivity index (χ3v) is 5.95. The molecular weight excluding hydrogens is 390 g/mol. The van der Waals surface area contributed by atoms with Crippen LogP contribution in [-0.4, -0.2) is 12.5 Å². The quantitative estimate of drug-likeness (QED) is 0.532. The number of para-hydroxylation sites is 1. The van der Waals surface area contributed by atoms with Gasteiger partial charge in [-0.3, -0.25) is 4.79 Å². The Morgan fingerprint density at radius 2 is 1.71 bits per heavy atom. The van der Waals surface area contributed by atoms with Crippen molar-refractivity contribution in [1.29, 1.82) is 0 Å². The molecule has 1 aromatic heterocycles. The van der Waals surface area contributed by atoms with E-state index in [2.05, 4.69) is 45.1 Å². The normalized spacial score (nSPS) is 13.1. The van der Waals surface area contributed by atoms with Crippen LogP contribution >= 0.6 is 0 Å². The second kappa shape index (κ2) is 8.58. The summed E-state index contributed by atoms with van der Waals surface area (Å²) >= 11 is 0. The number of hydrogen-bond acceptors (Lipinski definition) is 4. The van der Waals surface area contributed by atoms with E-state index in [1.54, 1.807) is 6.07 Å². The van der Waals surface area contributed by atoms with Crippen molar-refractivity contribution in [3.8, 4) is 5.75 Å². The third kappa shape index (κ3) is 4.22. The molecule has 0 fully saturated rings. The predicted octanol–water partition coefficient (Wildman–Crippen LogP) is 5.55. The molecule has 5 heteroatoms. The molecule has 0 radical (unpaired) electrons. The van der Waals surface area contributed by atoms with Crippen molar-refractivity contribution in [1.82, 2.24) is 0 Å². The maximum absolute atomic E-state index is 12.7. The highest BCUT2D eigenvalue weighted by molar-refractivity contribution is 5.94. The minimum absolute atomic E-state index is 0.120. The van der Waals surface area contributed by atoms with Crippen molar-refractivity contribution in [3.05, 3.63) is 69.1 Å². The Balaban J connectivity index is 1.52. The molecule has 0 atom stereocenters. The first-order valence-corrected chi connectivity index (χ1v) is 11.0. The summed E-state index contributed by atoms with van der Waals surface area (Å²) < 4.78 is 11.2. The van der Waals surface area contributed by atoms with Crippen LogP contribution in [0.2, 0.25) is 0 Å². The van der Waals surface area contributed by atoms with E-state index in [0.717, 1.165) is 52.6 Å². The van der Waals surface area contributed by atoms with Crippen LogP contribution in [0.3, 0.4) is 0 Å². The molecule has 0 unspecified atom stereocenters. The number of carbonyl (C=O) groups is 1. The number of ether oxygens (including phenoxy) is 1. The molecule has 2 aromatic carbocycles. The zero-order valence-electron chi connectivity index (χ0n) is 18.6. The summed E-state index contributed by atoms with van der Waals surface area (Å²) in [5.41, 5.74) is 5.23. The van der Waals surface area contributed by atoms with Gasteiger partial charge in [0, 0.05) is 22.7 Å². The highest BCUT2D eigenvalue weighted by Crippen LogP contribution is 2.33. The van der Waals surface area contributed by atoms with E-state index in [4.69, 9.17) is 9.15 Å². The van der Waals surface area contributed by atoms with Crippen molar-refractivity contribution < 1.29 is 13.9 Å². The molecule has 0 saturated carbocycles. The van der Waals surface area contributed by atoms with Gasteiger partial charge in [-0.05, 0) is 59.9 Å². The average Bonchev–Trinajstić information content (AvgIpc) is 3.23. The fraction of sp³-hybridized carbons (Fsp3) is 0.385. The lowest BCUT2D eigenvalue weighted by molar-refractivity contribution is -0.118. The number of aryl methyl sites for hydroxylation is 1. The number of carbonyl (C=O) groups excluding carboxylic acids is 1. The summed E-state index contributed by atoms with van der Waals surface area (Å²) in [6.45, 7) is 8.34. The van der Waals surface area contributed by atoms with Crippen LogP contribution in [0.4, 0.5) is 5.69 Å². The molecule has 31 heavy (non-hydrogen) atoms. The maximum Gasteiger partial charge on any atom is 0.339 e. The molecule has 1 aliphatic rings. The topological polar surface area (TPSA) is 68.5 Å². The van der Waals surface area contributed by atoms with Crippen molar-refractivity contribution in [3.63, 3.8) is 0 Å². The molecular formula is C26H29NO4. The van der Waals surface area contributed by atoms with Crippen molar-refractivity contribution in [2.45, 2.75) is 58.8 Å². The molecule has 5 nitrogen and oxygen atoms in total. The summed E-state index contributed by atoms with van der Waals surface area (Å²) in [7, 11) is 0. The monoisotopic (exact) mass is 419 g/mol. The van der Waals surface area contributed by atoms with Gasteiger partial charge in [-0.1, -0.05) is 45.9 Å². The fourth-order valence-electron chi connectivity index (χ4n) is 4.37. The lowest BCUT2D eigenvalue weighted by Crippen LogP contribution is -2.22. The Morgan fingerprint density at radius 3 is 2.39 bits per heavy atom. The Morgan fingerprint density at radius 1 is 1.03 bits per heavy atom. The van der Waals surface area contributed by atoms with Crippen molar-refractivity contribution in [2.75, 3.05) is 11.9 Å². The van der Waals surface area contributed by atoms with Crippen LogP contribution in [0.5, 0.6) is 5.75 Å². The van der Waals surface area contributed by atoms with E-state index in [1.165, 1.54) is 0 Å². The molecule has 1 aliphatic carbocycles. The zero-order valence-corrected chi connectivity index (χ0v) is 18.6. The van der Waals surface area contributed by atoms with Crippen LogP contribution in [0, 0.1) is 0 Å². The van der Waals surface area contributed by atoms with E-state index in [0.29, 0.717) is 23.2 Å². The summed E-state index contributed by atoms with van der Waals surface area (Å²) in [4.78, 5) is 24.9. The summed E-state index contributed by atoms with van der Waals surface area (Å²) in [5.74, 6) is 0.871. The minimum atomic E-state index is -0.263. The molecule has 3 aromatic rings. The van der Waals surface area contributed by atoms with Crippen molar-refractivity contribution >= 4 is 22.6 Å². The average molecular weight is 420 g/mol. The van der Waals surface area contributed by atoms with Crippen LogP contribution in [0.25, 0.3) is 11.0 Å². The summed E-state index contributed by atoms with van der Waals surface area (Å²) in [6.07, 6.45) is 2.66. The third-order valence-electron chi connectivity index (χ3n) is 5.95. The Labute approximate surface area is 182 Å². The number of amides is 1. The number of nitrogens with one attached hydrogen (secondary N) is 1. The number of benzene rings is 2. The standard InChI is InChI=1S/C26H29NO4/c1-15(2)18-7-5-8-19(16(3)4)25(18)27-24(28)14-30-17-11-12-21-20-9-6-10-22(20)26(29)31-23(21)13-17/h5,7-8,11-13,15-16H,6,9-10,14H2,1-4H3,(H,27,28). The molecule has 0 spiro atoms. The van der Waals surface area contributed by atoms with Gasteiger partial charge < -0.3 is 14.5 Å². The van der Waals surface area contributed by atoms with E-state index in [-0.39, 0.29) is 18.1 Å². The molecule has 0 bridgehead atoms. The first kappa shape index (κ1) is 21.2. The van der Waals surface area contributed by atoms with E-state index < -0.39 is 0 Å². The van der Waals surface area contributed by atoms with E-state index in [1.807, 2.05) is 18.2 Å². The number of anilines is 1. The number of rotatable bonds is 6. The van der Waals surface area contributed by atoms with Crippen LogP contribution in [-0.2, 0) is 17.6 Å². The molecule has 1 heterocycles. The van der Waals surface area contributed by atoms with Crippen molar-refractivity contribution in [2.24, 2.45) is 0 Å². The highest BCUT2D eigenvalue weighted by atomic mass is 16.5. The Kier molecular flexibility index (Phi) is 5.86. The Hall–Kier alpha value is -3.08. The second-order valence-corrected chi connectivity index (χ2v) is 8.82. The first-order chi connectivity index (χ1) is 14.8. The van der Waals surface area contributed by atoms with Gasteiger partial charge in [0.05, 0.1) is 0 Å². The maximum atomic E-state index is 12.7. The smallest absolute Gasteiger partial charge is 0.339 e. The SMILES string of the molecule is CC(C)c1cccc(C(C)C)c1NC(=O)COc1ccc2c3c(c(=O)oc2c1)CCC3. The second-order valence-electron chi connectivity index (χ2n) is 8.82. The molecule has 0 aliphatic heterocycles. The van der Waals surface area contributed by atoms with Gasteiger partial charge in [0.15, 0.2) is 6.61 Å². The largest absolute Gasteiger partial charge is 0.484 e. The lowest BCUT2D eigenvalue weighted by atomic mass is 9.92. The van der Waals surface area contributed by atoms with Gasteiger partial charge in [-0.2, -0.15) is 0 Å². The fourth-order valence-corrected chi connectivity index (χ4v) is 4.37. The van der Waals surface area contributed by atoms with Crippen LogP contribution < -0.4 is 15.7 Å². The number of fused-ring (bicyclic) bond motifs is 3.